The summed E-state index contributed by atoms with van der Waals surface area (Å²) in [5.41, 5.74) is 4.52. The van der Waals surface area contributed by atoms with Gasteiger partial charge in [0.2, 0.25) is 5.91 Å². The van der Waals surface area contributed by atoms with Gasteiger partial charge < -0.3 is 19.4 Å². The summed E-state index contributed by atoms with van der Waals surface area (Å²) in [6.45, 7) is 6.41. The normalized spacial score (nSPS) is 14.7. The fourth-order valence-electron chi connectivity index (χ4n) is 4.85. The van der Waals surface area contributed by atoms with E-state index in [0.29, 0.717) is 30.2 Å². The molecule has 0 aliphatic carbocycles. The first-order valence-corrected chi connectivity index (χ1v) is 13.1. The Morgan fingerprint density at radius 1 is 1.05 bits per heavy atom. The number of hydrogen-bond acceptors (Lipinski definition) is 4. The average molecular weight is 527 g/mol. The Morgan fingerprint density at radius 2 is 1.85 bits per heavy atom. The number of hydrogen-bond donors (Lipinski definition) is 1. The predicted octanol–water partition coefficient (Wildman–Crippen LogP) is 6.69. The lowest BCUT2D eigenvalue weighted by molar-refractivity contribution is -0.136. The highest BCUT2D eigenvalue weighted by Crippen LogP contribution is 2.38. The van der Waals surface area contributed by atoms with Gasteiger partial charge in [-0.2, -0.15) is 0 Å². The number of carbonyl (C=O) groups excluding carboxylic acids is 2. The fraction of sp³-hybridized carbons (Fsp3) is 0.250. The minimum atomic E-state index is -0.413. The predicted molar refractivity (Wildman–Crippen MR) is 147 cm³/mol. The quantitative estimate of drug-likeness (QED) is 0.291. The Labute approximate surface area is 227 Å². The first-order valence-electron chi connectivity index (χ1n) is 13.1. The third-order valence-electron chi connectivity index (χ3n) is 6.86. The zero-order valence-corrected chi connectivity index (χ0v) is 22.2. The first kappa shape index (κ1) is 26.2. The molecule has 2 heterocycles. The number of fused-ring (bicyclic) bond motifs is 1. The summed E-state index contributed by atoms with van der Waals surface area (Å²) in [6.07, 6.45) is 0.706. The number of nitrogens with one attached hydrogen (secondary N) is 1. The number of nitrogens with zero attached hydrogens (tertiary/aromatic N) is 1. The molecule has 0 fully saturated rings. The molecule has 0 bridgehead atoms. The van der Waals surface area contributed by atoms with E-state index < -0.39 is 6.04 Å². The van der Waals surface area contributed by atoms with Crippen LogP contribution in [0.15, 0.2) is 83.3 Å². The van der Waals surface area contributed by atoms with Gasteiger partial charge in [-0.15, -0.1) is 0 Å². The van der Waals surface area contributed by atoms with Crippen molar-refractivity contribution in [3.63, 3.8) is 0 Å². The Balaban J connectivity index is 1.34. The fourth-order valence-corrected chi connectivity index (χ4v) is 4.85. The molecule has 3 aromatic carbocycles. The lowest BCUT2D eigenvalue weighted by atomic mass is 9.87. The van der Waals surface area contributed by atoms with Gasteiger partial charge in [-0.3, -0.25) is 9.59 Å². The molecule has 0 unspecified atom stereocenters. The molecule has 0 saturated carbocycles. The Morgan fingerprint density at radius 3 is 2.59 bits per heavy atom. The van der Waals surface area contributed by atoms with Crippen molar-refractivity contribution < 1.29 is 23.1 Å². The lowest BCUT2D eigenvalue weighted by Gasteiger charge is -2.39. The Hall–Kier alpha value is -4.39. The van der Waals surface area contributed by atoms with Gasteiger partial charge in [0.25, 0.3) is 5.91 Å². The SMILES string of the molecule is Cc1ccc(NC(=O)c2ccc(COc3ccc4c(c3)[C@@H](c3cccc(F)c3)N(C(=O)C(C)C)CC4)o2)cc1. The van der Waals surface area contributed by atoms with Crippen LogP contribution in [0, 0.1) is 18.7 Å². The minimum Gasteiger partial charge on any atom is -0.486 e. The van der Waals surface area contributed by atoms with E-state index in [9.17, 15) is 14.0 Å². The highest BCUT2D eigenvalue weighted by atomic mass is 19.1. The summed E-state index contributed by atoms with van der Waals surface area (Å²) in [7, 11) is 0. The maximum absolute atomic E-state index is 14.2. The number of ether oxygens (including phenoxy) is 1. The van der Waals surface area contributed by atoms with Gasteiger partial charge in [0.1, 0.15) is 23.9 Å². The van der Waals surface area contributed by atoms with Gasteiger partial charge >= 0.3 is 0 Å². The van der Waals surface area contributed by atoms with Crippen LogP contribution < -0.4 is 10.1 Å². The molecule has 1 aliphatic heterocycles. The van der Waals surface area contributed by atoms with Gasteiger partial charge in [-0.05, 0) is 78.6 Å². The maximum Gasteiger partial charge on any atom is 0.291 e. The van der Waals surface area contributed by atoms with Crippen molar-refractivity contribution in [2.45, 2.75) is 39.8 Å². The van der Waals surface area contributed by atoms with Crippen LogP contribution in [0.3, 0.4) is 0 Å². The molecule has 200 valence electrons. The summed E-state index contributed by atoms with van der Waals surface area (Å²) in [6, 6.07) is 22.6. The van der Waals surface area contributed by atoms with Crippen molar-refractivity contribution in [1.82, 2.24) is 4.90 Å². The summed E-state index contributed by atoms with van der Waals surface area (Å²) >= 11 is 0. The largest absolute Gasteiger partial charge is 0.486 e. The number of amides is 2. The second-order valence-corrected chi connectivity index (χ2v) is 10.1. The monoisotopic (exact) mass is 526 g/mol. The standard InChI is InChI=1S/C32H31FN2O4/c1-20(2)32(37)35-16-15-22-9-12-26(18-28(22)30(35)23-5-4-6-24(33)17-23)38-19-27-13-14-29(39-27)31(36)34-25-10-7-21(3)8-11-25/h4-14,17-18,20,30H,15-16,19H2,1-3H3,(H,34,36)/t30-/m1/s1. The number of furan rings is 1. The molecule has 2 amide bonds. The van der Waals surface area contributed by atoms with Crippen LogP contribution in [0.4, 0.5) is 10.1 Å². The van der Waals surface area contributed by atoms with Crippen LogP contribution in [0.5, 0.6) is 5.75 Å². The van der Waals surface area contributed by atoms with Crippen molar-refractivity contribution in [3.05, 3.63) is 118 Å². The van der Waals surface area contributed by atoms with Crippen LogP contribution in [-0.2, 0) is 17.8 Å². The number of rotatable bonds is 7. The van der Waals surface area contributed by atoms with Crippen molar-refractivity contribution >= 4 is 17.5 Å². The van der Waals surface area contributed by atoms with E-state index >= 15 is 0 Å². The van der Waals surface area contributed by atoms with E-state index in [-0.39, 0.29) is 35.9 Å². The van der Waals surface area contributed by atoms with Crippen molar-refractivity contribution in [3.8, 4) is 5.75 Å². The lowest BCUT2D eigenvalue weighted by Crippen LogP contribution is -2.42. The average Bonchev–Trinajstić information content (AvgIpc) is 3.41. The molecule has 7 heteroatoms. The molecule has 4 aromatic rings. The Kier molecular flexibility index (Phi) is 7.50. The molecular weight excluding hydrogens is 495 g/mol. The number of aryl methyl sites for hydroxylation is 1. The summed E-state index contributed by atoms with van der Waals surface area (Å²) in [5.74, 6) is 0.437. The molecule has 0 radical (unpaired) electrons. The number of carbonyl (C=O) groups is 2. The molecular formula is C32H31FN2O4. The minimum absolute atomic E-state index is 0.0215. The van der Waals surface area contributed by atoms with Crippen molar-refractivity contribution in [1.29, 1.82) is 0 Å². The van der Waals surface area contributed by atoms with Crippen molar-refractivity contribution in [2.75, 3.05) is 11.9 Å². The van der Waals surface area contributed by atoms with Crippen LogP contribution in [0.1, 0.15) is 58.5 Å². The van der Waals surface area contributed by atoms with E-state index in [1.54, 1.807) is 18.2 Å². The second-order valence-electron chi connectivity index (χ2n) is 10.1. The maximum atomic E-state index is 14.2. The van der Waals surface area contributed by atoms with E-state index in [0.717, 1.165) is 22.3 Å². The Bertz CT molecular complexity index is 1490. The first-order chi connectivity index (χ1) is 18.8. The highest BCUT2D eigenvalue weighted by molar-refractivity contribution is 6.02. The second kappa shape index (κ2) is 11.2. The van der Waals surface area contributed by atoms with Gasteiger partial charge in [0, 0.05) is 18.2 Å². The van der Waals surface area contributed by atoms with E-state index in [1.165, 1.54) is 12.1 Å². The molecule has 1 aliphatic rings. The number of benzene rings is 3. The smallest absolute Gasteiger partial charge is 0.291 e. The third kappa shape index (κ3) is 5.87. The summed E-state index contributed by atoms with van der Waals surface area (Å²) in [5, 5.41) is 2.82. The highest BCUT2D eigenvalue weighted by Gasteiger charge is 2.33. The van der Waals surface area contributed by atoms with Gasteiger partial charge in [-0.25, -0.2) is 4.39 Å². The van der Waals surface area contributed by atoms with Crippen LogP contribution >= 0.6 is 0 Å². The number of anilines is 1. The molecule has 0 spiro atoms. The molecule has 1 N–H and O–H groups in total. The molecule has 1 atom stereocenters. The molecule has 1 aromatic heterocycles. The zero-order valence-electron chi connectivity index (χ0n) is 22.2. The van der Waals surface area contributed by atoms with Gasteiger partial charge in [-0.1, -0.05) is 49.7 Å². The molecule has 0 saturated heterocycles. The van der Waals surface area contributed by atoms with Crippen LogP contribution in [-0.4, -0.2) is 23.3 Å². The topological polar surface area (TPSA) is 71.8 Å². The summed E-state index contributed by atoms with van der Waals surface area (Å²) < 4.78 is 26.0. The van der Waals surface area contributed by atoms with E-state index in [2.05, 4.69) is 5.32 Å². The van der Waals surface area contributed by atoms with E-state index in [4.69, 9.17) is 9.15 Å². The van der Waals surface area contributed by atoms with Gasteiger partial charge in [0.05, 0.1) is 6.04 Å². The summed E-state index contributed by atoms with van der Waals surface area (Å²) in [4.78, 5) is 27.5. The third-order valence-corrected chi connectivity index (χ3v) is 6.86. The molecule has 39 heavy (non-hydrogen) atoms. The van der Waals surface area contributed by atoms with Crippen molar-refractivity contribution in [2.24, 2.45) is 5.92 Å². The van der Waals surface area contributed by atoms with E-state index in [1.807, 2.05) is 74.2 Å². The zero-order chi connectivity index (χ0) is 27.5. The van der Waals surface area contributed by atoms with Gasteiger partial charge in [0.15, 0.2) is 5.76 Å². The van der Waals surface area contributed by atoms with Crippen LogP contribution in [0.25, 0.3) is 0 Å². The molecule has 5 rings (SSSR count). The number of halogens is 1. The van der Waals surface area contributed by atoms with Crippen LogP contribution in [0.2, 0.25) is 0 Å². The molecule has 6 nitrogen and oxygen atoms in total.